The Hall–Kier alpha value is -2.10. The molecular weight excluding hydrogens is 188 g/mol. The Balaban J connectivity index is 2.68. The van der Waals surface area contributed by atoms with Gasteiger partial charge in [0.15, 0.2) is 0 Å². The number of nitrogens with zero attached hydrogens (tertiary/aromatic N) is 2. The van der Waals surface area contributed by atoms with Crippen molar-refractivity contribution in [1.82, 2.24) is 9.97 Å². The Morgan fingerprint density at radius 1 is 1.07 bits per heavy atom. The Morgan fingerprint density at radius 3 is 2.47 bits per heavy atom. The number of benzene rings is 1. The first kappa shape index (κ1) is 9.45. The van der Waals surface area contributed by atoms with Crippen LogP contribution in [-0.2, 0) is 0 Å². The van der Waals surface area contributed by atoms with E-state index in [1.807, 2.05) is 6.92 Å². The smallest absolute Gasteiger partial charge is 0.0909 e. The molecule has 4 heteroatoms. The van der Waals surface area contributed by atoms with Gasteiger partial charge in [0.05, 0.1) is 11.9 Å². The van der Waals surface area contributed by atoms with Crippen LogP contribution in [0.2, 0.25) is 0 Å². The molecule has 0 bridgehead atoms. The van der Waals surface area contributed by atoms with Crippen molar-refractivity contribution in [3.05, 3.63) is 36.3 Å². The zero-order valence-corrected chi connectivity index (χ0v) is 8.44. The quantitative estimate of drug-likeness (QED) is 0.685. The minimum Gasteiger partial charge on any atom is -0.398 e. The summed E-state index contributed by atoms with van der Waals surface area (Å²) in [7, 11) is 0. The standard InChI is InChI=1S/C11H12N4/c1-7-8(12)2-3-9(13)11(7)10-6-14-4-5-15-10/h2-6H,12-13H2,1H3. The van der Waals surface area contributed by atoms with Crippen LogP contribution in [-0.4, -0.2) is 9.97 Å². The number of anilines is 2. The molecule has 4 N–H and O–H groups in total. The molecule has 0 aliphatic heterocycles. The van der Waals surface area contributed by atoms with E-state index in [2.05, 4.69) is 9.97 Å². The maximum absolute atomic E-state index is 5.90. The summed E-state index contributed by atoms with van der Waals surface area (Å²) in [4.78, 5) is 8.23. The molecule has 1 aromatic carbocycles. The monoisotopic (exact) mass is 200 g/mol. The van der Waals surface area contributed by atoms with Crippen LogP contribution in [0.3, 0.4) is 0 Å². The molecule has 0 amide bonds. The van der Waals surface area contributed by atoms with Crippen LogP contribution < -0.4 is 11.5 Å². The van der Waals surface area contributed by atoms with E-state index in [0.717, 1.165) is 16.8 Å². The van der Waals surface area contributed by atoms with E-state index < -0.39 is 0 Å². The van der Waals surface area contributed by atoms with E-state index in [1.54, 1.807) is 30.7 Å². The van der Waals surface area contributed by atoms with Crippen LogP contribution in [0.5, 0.6) is 0 Å². The van der Waals surface area contributed by atoms with Gasteiger partial charge in [-0.2, -0.15) is 0 Å². The number of hydrogen-bond acceptors (Lipinski definition) is 4. The van der Waals surface area contributed by atoms with E-state index in [0.29, 0.717) is 11.4 Å². The van der Waals surface area contributed by atoms with Crippen molar-refractivity contribution in [3.8, 4) is 11.3 Å². The Bertz CT molecular complexity index is 479. The third-order valence-corrected chi connectivity index (χ3v) is 2.36. The van der Waals surface area contributed by atoms with Gasteiger partial charge >= 0.3 is 0 Å². The van der Waals surface area contributed by atoms with Crippen LogP contribution in [0.1, 0.15) is 5.56 Å². The third kappa shape index (κ3) is 1.61. The van der Waals surface area contributed by atoms with E-state index >= 15 is 0 Å². The first-order valence-corrected chi connectivity index (χ1v) is 4.61. The Labute approximate surface area is 88.0 Å². The first-order valence-electron chi connectivity index (χ1n) is 4.61. The van der Waals surface area contributed by atoms with Crippen LogP contribution in [0, 0.1) is 6.92 Å². The van der Waals surface area contributed by atoms with Crippen LogP contribution in [0.4, 0.5) is 11.4 Å². The van der Waals surface area contributed by atoms with E-state index in [-0.39, 0.29) is 0 Å². The highest BCUT2D eigenvalue weighted by Gasteiger charge is 2.09. The van der Waals surface area contributed by atoms with Crippen molar-refractivity contribution in [2.75, 3.05) is 11.5 Å². The molecule has 2 rings (SSSR count). The molecule has 76 valence electrons. The van der Waals surface area contributed by atoms with Gasteiger partial charge in [-0.15, -0.1) is 0 Å². The summed E-state index contributed by atoms with van der Waals surface area (Å²) in [6, 6.07) is 3.58. The molecule has 0 aliphatic carbocycles. The molecule has 2 aromatic rings. The zero-order chi connectivity index (χ0) is 10.8. The highest BCUT2D eigenvalue weighted by Crippen LogP contribution is 2.30. The summed E-state index contributed by atoms with van der Waals surface area (Å²) in [5, 5.41) is 0. The molecule has 15 heavy (non-hydrogen) atoms. The summed E-state index contributed by atoms with van der Waals surface area (Å²) in [5.41, 5.74) is 15.7. The summed E-state index contributed by atoms with van der Waals surface area (Å²) in [6.07, 6.45) is 4.94. The largest absolute Gasteiger partial charge is 0.398 e. The lowest BCUT2D eigenvalue weighted by Crippen LogP contribution is -1.99. The van der Waals surface area contributed by atoms with E-state index in [9.17, 15) is 0 Å². The van der Waals surface area contributed by atoms with Gasteiger partial charge in [-0.3, -0.25) is 9.97 Å². The van der Waals surface area contributed by atoms with Gasteiger partial charge in [-0.05, 0) is 24.6 Å². The van der Waals surface area contributed by atoms with Crippen molar-refractivity contribution in [2.24, 2.45) is 0 Å². The number of hydrogen-bond donors (Lipinski definition) is 2. The van der Waals surface area contributed by atoms with Crippen molar-refractivity contribution >= 4 is 11.4 Å². The zero-order valence-electron chi connectivity index (χ0n) is 8.44. The highest BCUT2D eigenvalue weighted by atomic mass is 14.8. The maximum atomic E-state index is 5.90. The summed E-state index contributed by atoms with van der Waals surface area (Å²) in [6.45, 7) is 1.93. The maximum Gasteiger partial charge on any atom is 0.0909 e. The van der Waals surface area contributed by atoms with Gasteiger partial charge in [0.1, 0.15) is 0 Å². The fourth-order valence-corrected chi connectivity index (χ4v) is 1.52. The Kier molecular flexibility index (Phi) is 2.25. The fraction of sp³-hybridized carbons (Fsp3) is 0.0909. The van der Waals surface area contributed by atoms with Gasteiger partial charge in [0, 0.05) is 29.3 Å². The molecule has 0 aliphatic rings. The van der Waals surface area contributed by atoms with Crippen molar-refractivity contribution in [3.63, 3.8) is 0 Å². The number of rotatable bonds is 1. The Morgan fingerprint density at radius 2 is 1.80 bits per heavy atom. The van der Waals surface area contributed by atoms with Crippen LogP contribution in [0.15, 0.2) is 30.7 Å². The van der Waals surface area contributed by atoms with Crippen molar-refractivity contribution in [2.45, 2.75) is 6.92 Å². The predicted octanol–water partition coefficient (Wildman–Crippen LogP) is 1.62. The molecule has 1 heterocycles. The second kappa shape index (κ2) is 3.57. The lowest BCUT2D eigenvalue weighted by Gasteiger charge is -2.10. The third-order valence-electron chi connectivity index (χ3n) is 2.36. The molecule has 1 aromatic heterocycles. The molecule has 0 spiro atoms. The topological polar surface area (TPSA) is 77.8 Å². The lowest BCUT2D eigenvalue weighted by atomic mass is 10.0. The number of aromatic nitrogens is 2. The molecule has 4 nitrogen and oxygen atoms in total. The molecule has 0 saturated heterocycles. The molecule has 0 saturated carbocycles. The first-order chi connectivity index (χ1) is 7.20. The van der Waals surface area contributed by atoms with Gasteiger partial charge in [0.25, 0.3) is 0 Å². The van der Waals surface area contributed by atoms with E-state index in [1.165, 1.54) is 0 Å². The van der Waals surface area contributed by atoms with Gasteiger partial charge in [-0.25, -0.2) is 0 Å². The van der Waals surface area contributed by atoms with Crippen LogP contribution in [0.25, 0.3) is 11.3 Å². The molecular formula is C11H12N4. The number of nitrogens with two attached hydrogens (primary N) is 2. The summed E-state index contributed by atoms with van der Waals surface area (Å²) in [5.74, 6) is 0. The normalized spacial score (nSPS) is 10.2. The van der Waals surface area contributed by atoms with E-state index in [4.69, 9.17) is 11.5 Å². The van der Waals surface area contributed by atoms with Gasteiger partial charge in [0.2, 0.25) is 0 Å². The predicted molar refractivity (Wildman–Crippen MR) is 61.0 cm³/mol. The molecule has 0 radical (unpaired) electrons. The highest BCUT2D eigenvalue weighted by molar-refractivity contribution is 5.80. The van der Waals surface area contributed by atoms with Gasteiger partial charge in [-0.1, -0.05) is 0 Å². The van der Waals surface area contributed by atoms with Crippen molar-refractivity contribution in [1.29, 1.82) is 0 Å². The second-order valence-electron chi connectivity index (χ2n) is 3.33. The second-order valence-corrected chi connectivity index (χ2v) is 3.33. The molecule has 0 atom stereocenters. The van der Waals surface area contributed by atoms with Crippen molar-refractivity contribution < 1.29 is 0 Å². The minimum absolute atomic E-state index is 0.669. The average molecular weight is 200 g/mol. The summed E-state index contributed by atoms with van der Waals surface area (Å²) < 4.78 is 0. The summed E-state index contributed by atoms with van der Waals surface area (Å²) >= 11 is 0. The average Bonchev–Trinajstić information content (AvgIpc) is 2.26. The fourth-order valence-electron chi connectivity index (χ4n) is 1.52. The van der Waals surface area contributed by atoms with Gasteiger partial charge < -0.3 is 11.5 Å². The minimum atomic E-state index is 0.669. The lowest BCUT2D eigenvalue weighted by molar-refractivity contribution is 1.20. The van der Waals surface area contributed by atoms with Crippen LogP contribution >= 0.6 is 0 Å². The molecule has 0 unspecified atom stereocenters. The number of nitrogen functional groups attached to an aromatic ring is 2. The molecule has 0 fully saturated rings. The SMILES string of the molecule is Cc1c(N)ccc(N)c1-c1cnccn1.